The normalized spacial score (nSPS) is 13.1. The Morgan fingerprint density at radius 1 is 0.833 bits per heavy atom. The molecule has 0 saturated heterocycles. The largest absolute Gasteiger partial charge is 0.253 e. The lowest BCUT2D eigenvalue weighted by Gasteiger charge is -2.04. The van der Waals surface area contributed by atoms with Crippen LogP contribution in [0.3, 0.4) is 0 Å². The highest BCUT2D eigenvalue weighted by Gasteiger charge is 2.18. The molecule has 2 aromatic rings. The summed E-state index contributed by atoms with van der Waals surface area (Å²) in [6.07, 6.45) is 0. The fraction of sp³-hybridized carbons (Fsp3) is 0.0769. The molecule has 5 heteroatoms. The molecule has 0 spiro atoms. The van der Waals surface area contributed by atoms with Gasteiger partial charge in [0, 0.05) is 4.90 Å². The SMILES string of the molecule is O=S(CS(=O)(=O)c1ccccc1)c1ccccc1. The Hall–Kier alpha value is -1.46. The maximum Gasteiger partial charge on any atom is 0.190 e. The van der Waals surface area contributed by atoms with Gasteiger partial charge in [0.1, 0.15) is 5.08 Å². The van der Waals surface area contributed by atoms with Gasteiger partial charge < -0.3 is 0 Å². The van der Waals surface area contributed by atoms with Crippen LogP contribution in [0, 0.1) is 0 Å². The Labute approximate surface area is 109 Å². The topological polar surface area (TPSA) is 51.2 Å². The van der Waals surface area contributed by atoms with E-state index >= 15 is 0 Å². The van der Waals surface area contributed by atoms with Crippen molar-refractivity contribution < 1.29 is 12.6 Å². The van der Waals surface area contributed by atoms with E-state index < -0.39 is 20.6 Å². The summed E-state index contributed by atoms with van der Waals surface area (Å²) in [4.78, 5) is 0.728. The first-order valence-electron chi connectivity index (χ1n) is 5.31. The lowest BCUT2D eigenvalue weighted by Crippen LogP contribution is -2.11. The fourth-order valence-electron chi connectivity index (χ4n) is 1.48. The van der Waals surface area contributed by atoms with Gasteiger partial charge in [0.05, 0.1) is 15.7 Å². The van der Waals surface area contributed by atoms with E-state index in [0.717, 1.165) is 0 Å². The van der Waals surface area contributed by atoms with Crippen LogP contribution in [0.1, 0.15) is 0 Å². The molecule has 3 nitrogen and oxygen atoms in total. The molecule has 0 aromatic heterocycles. The molecule has 2 aromatic carbocycles. The molecular formula is C13H12O3S2. The monoisotopic (exact) mass is 280 g/mol. The van der Waals surface area contributed by atoms with Crippen molar-refractivity contribution in [1.82, 2.24) is 0 Å². The molecule has 0 radical (unpaired) electrons. The number of benzene rings is 2. The van der Waals surface area contributed by atoms with E-state index in [9.17, 15) is 12.6 Å². The number of hydrogen-bond donors (Lipinski definition) is 0. The van der Waals surface area contributed by atoms with E-state index in [1.807, 2.05) is 0 Å². The van der Waals surface area contributed by atoms with Gasteiger partial charge in [-0.15, -0.1) is 0 Å². The summed E-state index contributed by atoms with van der Waals surface area (Å²) in [6, 6.07) is 16.7. The Morgan fingerprint density at radius 3 is 1.89 bits per heavy atom. The molecule has 0 bridgehead atoms. The third-order valence-electron chi connectivity index (χ3n) is 2.37. The molecular weight excluding hydrogens is 268 g/mol. The second kappa shape index (κ2) is 5.46. The Kier molecular flexibility index (Phi) is 3.93. The average molecular weight is 280 g/mol. The fourth-order valence-corrected chi connectivity index (χ4v) is 4.73. The summed E-state index contributed by atoms with van der Waals surface area (Å²) in [6.45, 7) is 0. The summed E-state index contributed by atoms with van der Waals surface area (Å²) in [7, 11) is -5.05. The molecule has 0 aliphatic heterocycles. The third kappa shape index (κ3) is 3.05. The van der Waals surface area contributed by atoms with Gasteiger partial charge in [0.15, 0.2) is 9.84 Å². The third-order valence-corrected chi connectivity index (χ3v) is 6.26. The molecule has 0 aliphatic rings. The van der Waals surface area contributed by atoms with E-state index in [0.29, 0.717) is 4.90 Å². The Morgan fingerprint density at radius 2 is 1.33 bits per heavy atom. The highest BCUT2D eigenvalue weighted by molar-refractivity contribution is 8.05. The molecule has 0 amide bonds. The van der Waals surface area contributed by atoms with Crippen molar-refractivity contribution in [1.29, 1.82) is 0 Å². The second-order valence-electron chi connectivity index (χ2n) is 3.70. The highest BCUT2D eigenvalue weighted by Crippen LogP contribution is 2.15. The molecule has 0 saturated carbocycles. The van der Waals surface area contributed by atoms with Crippen LogP contribution in [0.2, 0.25) is 0 Å². The van der Waals surface area contributed by atoms with Crippen molar-refractivity contribution in [2.45, 2.75) is 9.79 Å². The van der Waals surface area contributed by atoms with Crippen molar-refractivity contribution in [2.24, 2.45) is 0 Å². The first kappa shape index (κ1) is 13.0. The minimum atomic E-state index is -3.51. The van der Waals surface area contributed by atoms with Crippen molar-refractivity contribution in [2.75, 3.05) is 5.08 Å². The van der Waals surface area contributed by atoms with Crippen LogP contribution in [-0.4, -0.2) is 17.7 Å². The summed E-state index contributed by atoms with van der Waals surface area (Å²) < 4.78 is 36.0. The van der Waals surface area contributed by atoms with Crippen LogP contribution in [0.4, 0.5) is 0 Å². The molecule has 0 aliphatic carbocycles. The van der Waals surface area contributed by atoms with Gasteiger partial charge in [0.2, 0.25) is 0 Å². The van der Waals surface area contributed by atoms with Gasteiger partial charge >= 0.3 is 0 Å². The highest BCUT2D eigenvalue weighted by atomic mass is 32.3. The average Bonchev–Trinajstić information content (AvgIpc) is 2.40. The minimum Gasteiger partial charge on any atom is -0.253 e. The second-order valence-corrected chi connectivity index (χ2v) is 7.51. The van der Waals surface area contributed by atoms with E-state index in [2.05, 4.69) is 0 Å². The van der Waals surface area contributed by atoms with E-state index in [1.165, 1.54) is 12.1 Å². The van der Waals surface area contributed by atoms with Gasteiger partial charge in [-0.3, -0.25) is 4.21 Å². The molecule has 0 heterocycles. The van der Waals surface area contributed by atoms with Gasteiger partial charge in [0.25, 0.3) is 0 Å². The lowest BCUT2D eigenvalue weighted by molar-refractivity contribution is 0.600. The van der Waals surface area contributed by atoms with Crippen LogP contribution in [0.5, 0.6) is 0 Å². The van der Waals surface area contributed by atoms with Crippen LogP contribution in [0.15, 0.2) is 70.5 Å². The van der Waals surface area contributed by atoms with Crippen LogP contribution in [-0.2, 0) is 20.6 Å². The zero-order valence-electron chi connectivity index (χ0n) is 9.52. The quantitative estimate of drug-likeness (QED) is 0.863. The van der Waals surface area contributed by atoms with Gasteiger partial charge in [-0.05, 0) is 24.3 Å². The summed E-state index contributed by atoms with van der Waals surface area (Å²) in [5.74, 6) is 0. The molecule has 1 unspecified atom stereocenters. The minimum absolute atomic E-state index is 0.203. The zero-order chi connectivity index (χ0) is 13.0. The predicted octanol–water partition coefficient (Wildman–Crippen LogP) is 2.23. The Bertz CT molecular complexity index is 634. The first-order chi connectivity index (χ1) is 8.59. The number of rotatable bonds is 4. The maximum atomic E-state index is 12.0. The van der Waals surface area contributed by atoms with Gasteiger partial charge in [-0.2, -0.15) is 0 Å². The molecule has 94 valence electrons. The van der Waals surface area contributed by atoms with Crippen molar-refractivity contribution in [3.05, 3.63) is 60.7 Å². The van der Waals surface area contributed by atoms with Crippen LogP contribution in [0.25, 0.3) is 0 Å². The van der Waals surface area contributed by atoms with Crippen LogP contribution >= 0.6 is 0 Å². The lowest BCUT2D eigenvalue weighted by atomic mass is 10.4. The molecule has 0 fully saturated rings. The Balaban J connectivity index is 2.23. The standard InChI is InChI=1S/C13H12O3S2/c14-17(12-7-3-1-4-8-12)11-18(15,16)13-9-5-2-6-10-13/h1-10H,11H2. The van der Waals surface area contributed by atoms with Gasteiger partial charge in [-0.25, -0.2) is 8.42 Å². The predicted molar refractivity (Wildman–Crippen MR) is 71.3 cm³/mol. The first-order valence-corrected chi connectivity index (χ1v) is 8.28. The molecule has 2 rings (SSSR count). The van der Waals surface area contributed by atoms with Crippen LogP contribution < -0.4 is 0 Å². The molecule has 1 atom stereocenters. The number of hydrogen-bond acceptors (Lipinski definition) is 3. The van der Waals surface area contributed by atoms with E-state index in [1.54, 1.807) is 48.5 Å². The summed E-state index contributed by atoms with van der Waals surface area (Å²) in [5.41, 5.74) is 0. The van der Waals surface area contributed by atoms with E-state index in [-0.39, 0.29) is 9.98 Å². The van der Waals surface area contributed by atoms with E-state index in [4.69, 9.17) is 0 Å². The van der Waals surface area contributed by atoms with Gasteiger partial charge in [-0.1, -0.05) is 36.4 Å². The van der Waals surface area contributed by atoms with Crippen molar-refractivity contribution in [3.63, 3.8) is 0 Å². The van der Waals surface area contributed by atoms with Crippen molar-refractivity contribution in [3.8, 4) is 0 Å². The molecule has 0 N–H and O–H groups in total. The molecule has 18 heavy (non-hydrogen) atoms. The van der Waals surface area contributed by atoms with Crippen molar-refractivity contribution >= 4 is 20.6 Å². The number of sulfone groups is 1. The maximum absolute atomic E-state index is 12.0. The zero-order valence-corrected chi connectivity index (χ0v) is 11.2. The summed E-state index contributed by atoms with van der Waals surface area (Å²) in [5, 5.41) is -0.388. The smallest absolute Gasteiger partial charge is 0.190 e. The summed E-state index contributed by atoms with van der Waals surface area (Å²) >= 11 is 0.